The van der Waals surface area contributed by atoms with Gasteiger partial charge in [0.05, 0.1) is 31.3 Å². The molecule has 122 valence electrons. The molecular formula is C19H18N2O3. The molecule has 0 aliphatic heterocycles. The first-order valence-corrected chi connectivity index (χ1v) is 7.67. The molecule has 2 aromatic carbocycles. The number of anilines is 1. The van der Waals surface area contributed by atoms with E-state index in [0.29, 0.717) is 18.0 Å². The monoisotopic (exact) mass is 322 g/mol. The van der Waals surface area contributed by atoms with E-state index in [1.807, 2.05) is 48.5 Å². The van der Waals surface area contributed by atoms with E-state index in [-0.39, 0.29) is 12.3 Å². The van der Waals surface area contributed by atoms with E-state index in [4.69, 9.17) is 9.47 Å². The fourth-order valence-corrected chi connectivity index (χ4v) is 2.37. The number of rotatable bonds is 6. The lowest BCUT2D eigenvalue weighted by atomic mass is 10.1. The van der Waals surface area contributed by atoms with Gasteiger partial charge < -0.3 is 14.8 Å². The number of fused-ring (bicyclic) bond motifs is 1. The summed E-state index contributed by atoms with van der Waals surface area (Å²) in [4.78, 5) is 16.5. The van der Waals surface area contributed by atoms with Crippen molar-refractivity contribution < 1.29 is 14.3 Å². The molecule has 0 saturated carbocycles. The number of ether oxygens (including phenoxy) is 2. The van der Waals surface area contributed by atoms with Crippen LogP contribution in [0.15, 0.2) is 60.8 Å². The molecular weight excluding hydrogens is 304 g/mol. The van der Waals surface area contributed by atoms with Crippen LogP contribution in [0, 0.1) is 0 Å². The molecule has 1 N–H and O–H groups in total. The third kappa shape index (κ3) is 3.81. The van der Waals surface area contributed by atoms with Gasteiger partial charge in [-0.05, 0) is 24.3 Å². The number of benzene rings is 2. The Labute approximate surface area is 140 Å². The van der Waals surface area contributed by atoms with Gasteiger partial charge in [-0.25, -0.2) is 0 Å². The standard InChI is InChI=1S/C19H18N2O3/c1-23-16-12-14-6-5-10-20-19(14)17(13-16)21-18(22)9-11-24-15-7-3-2-4-8-15/h2-8,10,12-13H,9,11H2,1H3,(H,21,22). The molecule has 5 heteroatoms. The van der Waals surface area contributed by atoms with Gasteiger partial charge in [0.1, 0.15) is 11.5 Å². The van der Waals surface area contributed by atoms with Crippen molar-refractivity contribution in [2.24, 2.45) is 0 Å². The van der Waals surface area contributed by atoms with E-state index in [1.165, 1.54) is 0 Å². The van der Waals surface area contributed by atoms with Crippen molar-refractivity contribution in [2.75, 3.05) is 19.0 Å². The van der Waals surface area contributed by atoms with Crippen LogP contribution >= 0.6 is 0 Å². The van der Waals surface area contributed by atoms with Gasteiger partial charge in [0.2, 0.25) is 5.91 Å². The summed E-state index contributed by atoms with van der Waals surface area (Å²) < 4.78 is 10.8. The normalized spacial score (nSPS) is 10.4. The van der Waals surface area contributed by atoms with Crippen molar-refractivity contribution in [3.63, 3.8) is 0 Å². The minimum absolute atomic E-state index is 0.133. The topological polar surface area (TPSA) is 60.5 Å². The van der Waals surface area contributed by atoms with E-state index < -0.39 is 0 Å². The number of pyridine rings is 1. The Morgan fingerprint density at radius 2 is 1.92 bits per heavy atom. The van der Waals surface area contributed by atoms with Crippen LogP contribution in [-0.4, -0.2) is 24.6 Å². The van der Waals surface area contributed by atoms with Gasteiger partial charge in [0.25, 0.3) is 0 Å². The van der Waals surface area contributed by atoms with Gasteiger partial charge >= 0.3 is 0 Å². The third-order valence-corrected chi connectivity index (χ3v) is 3.53. The Morgan fingerprint density at radius 3 is 2.71 bits per heavy atom. The summed E-state index contributed by atoms with van der Waals surface area (Å²) in [6.45, 7) is 0.311. The highest BCUT2D eigenvalue weighted by molar-refractivity contribution is 6.01. The van der Waals surface area contributed by atoms with Gasteiger partial charge in [-0.1, -0.05) is 24.3 Å². The first kappa shape index (κ1) is 15.8. The summed E-state index contributed by atoms with van der Waals surface area (Å²) in [6.07, 6.45) is 1.95. The van der Waals surface area contributed by atoms with E-state index >= 15 is 0 Å². The van der Waals surface area contributed by atoms with Crippen molar-refractivity contribution in [1.29, 1.82) is 0 Å². The zero-order chi connectivity index (χ0) is 16.8. The second-order valence-corrected chi connectivity index (χ2v) is 5.21. The predicted molar refractivity (Wildman–Crippen MR) is 93.5 cm³/mol. The fraction of sp³-hybridized carbons (Fsp3) is 0.158. The highest BCUT2D eigenvalue weighted by Crippen LogP contribution is 2.27. The predicted octanol–water partition coefficient (Wildman–Crippen LogP) is 3.65. The van der Waals surface area contributed by atoms with Crippen LogP contribution in [0.2, 0.25) is 0 Å². The smallest absolute Gasteiger partial charge is 0.227 e. The summed E-state index contributed by atoms with van der Waals surface area (Å²) in [6, 6.07) is 16.9. The van der Waals surface area contributed by atoms with E-state index in [1.54, 1.807) is 19.4 Å². The molecule has 5 nitrogen and oxygen atoms in total. The van der Waals surface area contributed by atoms with Gasteiger partial charge in [0.15, 0.2) is 0 Å². The average molecular weight is 322 g/mol. The van der Waals surface area contributed by atoms with Crippen LogP contribution in [0.3, 0.4) is 0 Å². The molecule has 0 radical (unpaired) electrons. The lowest BCUT2D eigenvalue weighted by molar-refractivity contribution is -0.116. The number of hydrogen-bond donors (Lipinski definition) is 1. The lowest BCUT2D eigenvalue weighted by Gasteiger charge is -2.11. The number of hydrogen-bond acceptors (Lipinski definition) is 4. The maximum Gasteiger partial charge on any atom is 0.227 e. The number of amides is 1. The Hall–Kier alpha value is -3.08. The third-order valence-electron chi connectivity index (χ3n) is 3.53. The van der Waals surface area contributed by atoms with Crippen LogP contribution in [0.1, 0.15) is 6.42 Å². The second kappa shape index (κ2) is 7.46. The summed E-state index contributed by atoms with van der Waals surface area (Å²) in [5.74, 6) is 1.29. The molecule has 1 aromatic heterocycles. The highest BCUT2D eigenvalue weighted by Gasteiger charge is 2.09. The van der Waals surface area contributed by atoms with Crippen LogP contribution < -0.4 is 14.8 Å². The van der Waals surface area contributed by atoms with Crippen LogP contribution in [0.5, 0.6) is 11.5 Å². The molecule has 0 aliphatic carbocycles. The summed E-state index contributed by atoms with van der Waals surface area (Å²) >= 11 is 0. The molecule has 0 bridgehead atoms. The minimum Gasteiger partial charge on any atom is -0.497 e. The molecule has 0 saturated heterocycles. The summed E-state index contributed by atoms with van der Waals surface area (Å²) in [5.41, 5.74) is 1.37. The molecule has 0 atom stereocenters. The average Bonchev–Trinajstić information content (AvgIpc) is 2.62. The molecule has 0 fully saturated rings. The van der Waals surface area contributed by atoms with E-state index in [9.17, 15) is 4.79 Å². The quantitative estimate of drug-likeness (QED) is 0.752. The number of nitrogens with one attached hydrogen (secondary N) is 1. The van der Waals surface area contributed by atoms with Crippen molar-refractivity contribution in [2.45, 2.75) is 6.42 Å². The molecule has 24 heavy (non-hydrogen) atoms. The minimum atomic E-state index is -0.133. The summed E-state index contributed by atoms with van der Waals surface area (Å²) in [7, 11) is 1.59. The maximum atomic E-state index is 12.2. The van der Waals surface area contributed by atoms with Crippen LogP contribution in [0.25, 0.3) is 10.9 Å². The number of carbonyl (C=O) groups is 1. The largest absolute Gasteiger partial charge is 0.497 e. The first-order chi connectivity index (χ1) is 11.8. The molecule has 0 unspecified atom stereocenters. The molecule has 1 heterocycles. The Balaban J connectivity index is 1.66. The SMILES string of the molecule is COc1cc(NC(=O)CCOc2ccccc2)c2ncccc2c1. The Morgan fingerprint density at radius 1 is 1.08 bits per heavy atom. The van der Waals surface area contributed by atoms with Gasteiger partial charge in [0, 0.05) is 17.6 Å². The molecule has 3 rings (SSSR count). The lowest BCUT2D eigenvalue weighted by Crippen LogP contribution is -2.15. The maximum absolute atomic E-state index is 12.2. The van der Waals surface area contributed by atoms with E-state index in [2.05, 4.69) is 10.3 Å². The Kier molecular flexibility index (Phi) is 4.91. The zero-order valence-electron chi connectivity index (χ0n) is 13.4. The van der Waals surface area contributed by atoms with Crippen LogP contribution in [0.4, 0.5) is 5.69 Å². The van der Waals surface area contributed by atoms with E-state index in [0.717, 1.165) is 16.7 Å². The summed E-state index contributed by atoms with van der Waals surface area (Å²) in [5, 5.41) is 3.79. The van der Waals surface area contributed by atoms with Gasteiger partial charge in [-0.2, -0.15) is 0 Å². The number of nitrogens with zero attached hydrogens (tertiary/aromatic N) is 1. The highest BCUT2D eigenvalue weighted by atomic mass is 16.5. The van der Waals surface area contributed by atoms with Crippen molar-refractivity contribution in [3.8, 4) is 11.5 Å². The first-order valence-electron chi connectivity index (χ1n) is 7.67. The number of carbonyl (C=O) groups excluding carboxylic acids is 1. The fourth-order valence-electron chi connectivity index (χ4n) is 2.37. The van der Waals surface area contributed by atoms with Crippen LogP contribution in [-0.2, 0) is 4.79 Å². The van der Waals surface area contributed by atoms with Gasteiger partial charge in [-0.3, -0.25) is 9.78 Å². The zero-order valence-corrected chi connectivity index (χ0v) is 13.4. The van der Waals surface area contributed by atoms with Crippen molar-refractivity contribution >= 4 is 22.5 Å². The number of aromatic nitrogens is 1. The Bertz CT molecular complexity index is 834. The molecule has 0 aliphatic rings. The molecule has 3 aromatic rings. The van der Waals surface area contributed by atoms with Crippen molar-refractivity contribution in [3.05, 3.63) is 60.8 Å². The second-order valence-electron chi connectivity index (χ2n) is 5.21. The van der Waals surface area contributed by atoms with Gasteiger partial charge in [-0.15, -0.1) is 0 Å². The molecule has 1 amide bonds. The molecule has 0 spiro atoms. The van der Waals surface area contributed by atoms with Crippen molar-refractivity contribution in [1.82, 2.24) is 4.98 Å². The number of methoxy groups -OCH3 is 1. The number of para-hydroxylation sites is 1.